The zero-order chi connectivity index (χ0) is 15.9. The first-order valence-corrected chi connectivity index (χ1v) is 8.01. The van der Waals surface area contributed by atoms with Crippen molar-refractivity contribution in [1.82, 2.24) is 10.3 Å². The zero-order valence-electron chi connectivity index (χ0n) is 11.4. The summed E-state index contributed by atoms with van der Waals surface area (Å²) in [6, 6.07) is 1.47. The van der Waals surface area contributed by atoms with Gasteiger partial charge < -0.3 is 10.4 Å². The third-order valence-electron chi connectivity index (χ3n) is 2.58. The van der Waals surface area contributed by atoms with E-state index in [0.717, 1.165) is 6.08 Å². The molecular weight excluding hydrogens is 296 g/mol. The van der Waals surface area contributed by atoms with Crippen LogP contribution in [-0.2, 0) is 14.6 Å². The van der Waals surface area contributed by atoms with Crippen molar-refractivity contribution in [3.8, 4) is 0 Å². The fourth-order valence-corrected chi connectivity index (χ4v) is 2.11. The summed E-state index contributed by atoms with van der Waals surface area (Å²) in [5.41, 5.74) is 0.697. The van der Waals surface area contributed by atoms with Gasteiger partial charge in [0.2, 0.25) is 0 Å². The molecule has 0 aliphatic carbocycles. The van der Waals surface area contributed by atoms with Crippen LogP contribution in [0.1, 0.15) is 22.8 Å². The van der Waals surface area contributed by atoms with Crippen molar-refractivity contribution in [2.24, 2.45) is 0 Å². The Bertz CT molecular complexity index is 652. The summed E-state index contributed by atoms with van der Waals surface area (Å²) in [6.07, 6.45) is 4.99. The molecule has 0 aliphatic rings. The zero-order valence-corrected chi connectivity index (χ0v) is 12.3. The highest BCUT2D eigenvalue weighted by Crippen LogP contribution is 2.05. The van der Waals surface area contributed by atoms with Gasteiger partial charge in [0.25, 0.3) is 5.91 Å². The molecule has 0 saturated carbocycles. The molecule has 1 aromatic rings. The smallest absolute Gasteiger partial charge is 0.328 e. The Morgan fingerprint density at radius 1 is 1.38 bits per heavy atom. The quantitative estimate of drug-likeness (QED) is 0.702. The molecule has 1 heterocycles. The van der Waals surface area contributed by atoms with Gasteiger partial charge >= 0.3 is 5.97 Å². The predicted molar refractivity (Wildman–Crippen MR) is 77.6 cm³/mol. The molecule has 114 valence electrons. The van der Waals surface area contributed by atoms with Crippen molar-refractivity contribution in [2.75, 3.05) is 18.1 Å². The highest BCUT2D eigenvalue weighted by Gasteiger charge is 2.10. The average Bonchev–Trinajstić information content (AvgIpc) is 2.45. The van der Waals surface area contributed by atoms with Crippen molar-refractivity contribution >= 4 is 27.8 Å². The van der Waals surface area contributed by atoms with Crippen molar-refractivity contribution in [3.05, 3.63) is 35.7 Å². The van der Waals surface area contributed by atoms with Gasteiger partial charge in [-0.15, -0.1) is 0 Å². The Labute approximate surface area is 122 Å². The van der Waals surface area contributed by atoms with Crippen molar-refractivity contribution in [3.63, 3.8) is 0 Å². The Morgan fingerprint density at radius 3 is 2.71 bits per heavy atom. The first kappa shape index (κ1) is 16.8. The molecule has 0 fully saturated rings. The average molecular weight is 312 g/mol. The first-order chi connectivity index (χ1) is 9.84. The van der Waals surface area contributed by atoms with Crippen molar-refractivity contribution < 1.29 is 23.1 Å². The summed E-state index contributed by atoms with van der Waals surface area (Å²) in [5, 5.41) is 11.0. The molecule has 7 nitrogen and oxygen atoms in total. The Kier molecular flexibility index (Phi) is 6.04. The number of carbonyl (C=O) groups excluding carboxylic acids is 1. The molecule has 0 spiro atoms. The number of sulfone groups is 1. The lowest BCUT2D eigenvalue weighted by molar-refractivity contribution is -0.131. The molecular formula is C13H16N2O5S. The van der Waals surface area contributed by atoms with Crippen LogP contribution in [0, 0.1) is 0 Å². The summed E-state index contributed by atoms with van der Waals surface area (Å²) < 4.78 is 22.6. The van der Waals surface area contributed by atoms with E-state index in [4.69, 9.17) is 5.11 Å². The number of rotatable bonds is 7. The molecule has 1 rings (SSSR count). The Morgan fingerprint density at radius 2 is 2.10 bits per heavy atom. The summed E-state index contributed by atoms with van der Waals surface area (Å²) in [5.74, 6) is -1.66. The van der Waals surface area contributed by atoms with E-state index < -0.39 is 21.7 Å². The molecule has 21 heavy (non-hydrogen) atoms. The minimum atomic E-state index is -3.13. The third-order valence-corrected chi connectivity index (χ3v) is 4.28. The SMILES string of the molecule is CCS(=O)(=O)CCNC(=O)c1cncc(/C=C/C(=O)O)c1. The number of aromatic nitrogens is 1. The summed E-state index contributed by atoms with van der Waals surface area (Å²) >= 11 is 0. The molecule has 8 heteroatoms. The van der Waals surface area contributed by atoms with Crippen LogP contribution in [0.3, 0.4) is 0 Å². The van der Waals surface area contributed by atoms with Gasteiger partial charge in [-0.2, -0.15) is 0 Å². The standard InChI is InChI=1S/C13H16N2O5S/c1-2-21(19,20)6-5-15-13(18)11-7-10(8-14-9-11)3-4-12(16)17/h3-4,7-9H,2,5-6H2,1H3,(H,15,18)(H,16,17)/b4-3+. The third kappa shape index (κ3) is 6.17. The highest BCUT2D eigenvalue weighted by molar-refractivity contribution is 7.91. The van der Waals surface area contributed by atoms with E-state index in [1.54, 1.807) is 6.92 Å². The lowest BCUT2D eigenvalue weighted by Gasteiger charge is -2.05. The molecule has 0 aliphatic heterocycles. The molecule has 0 aromatic carbocycles. The predicted octanol–water partition coefficient (Wildman–Crippen LogP) is 0.344. The maximum absolute atomic E-state index is 11.8. The molecule has 1 amide bonds. The van der Waals surface area contributed by atoms with E-state index in [-0.39, 0.29) is 23.6 Å². The van der Waals surface area contributed by atoms with Crippen LogP contribution in [0.15, 0.2) is 24.5 Å². The number of aliphatic carboxylic acids is 1. The van der Waals surface area contributed by atoms with E-state index in [9.17, 15) is 18.0 Å². The van der Waals surface area contributed by atoms with E-state index in [1.807, 2.05) is 0 Å². The number of hydrogen-bond acceptors (Lipinski definition) is 5. The van der Waals surface area contributed by atoms with Crippen LogP contribution in [-0.4, -0.2) is 48.4 Å². The largest absolute Gasteiger partial charge is 0.478 e. The van der Waals surface area contributed by atoms with Crippen LogP contribution in [0.4, 0.5) is 0 Å². The normalized spacial score (nSPS) is 11.5. The highest BCUT2D eigenvalue weighted by atomic mass is 32.2. The van der Waals surface area contributed by atoms with Gasteiger partial charge in [0, 0.05) is 30.8 Å². The van der Waals surface area contributed by atoms with Crippen LogP contribution in [0.25, 0.3) is 6.08 Å². The second-order valence-corrected chi connectivity index (χ2v) is 6.64. The van der Waals surface area contributed by atoms with Gasteiger partial charge in [0.1, 0.15) is 0 Å². The summed E-state index contributed by atoms with van der Waals surface area (Å²) in [4.78, 5) is 26.1. The second-order valence-electron chi connectivity index (χ2n) is 4.17. The molecule has 0 unspecified atom stereocenters. The fraction of sp³-hybridized carbons (Fsp3) is 0.308. The van der Waals surface area contributed by atoms with Crippen LogP contribution >= 0.6 is 0 Å². The van der Waals surface area contributed by atoms with Gasteiger partial charge in [0.05, 0.1) is 11.3 Å². The first-order valence-electron chi connectivity index (χ1n) is 6.18. The maximum Gasteiger partial charge on any atom is 0.328 e. The molecule has 0 saturated heterocycles. The van der Waals surface area contributed by atoms with E-state index in [0.29, 0.717) is 5.56 Å². The van der Waals surface area contributed by atoms with Gasteiger partial charge in [-0.05, 0) is 17.7 Å². The molecule has 0 radical (unpaired) electrons. The number of carboxylic acids is 1. The molecule has 2 N–H and O–H groups in total. The number of amides is 1. The summed E-state index contributed by atoms with van der Waals surface area (Å²) in [7, 11) is -3.13. The van der Waals surface area contributed by atoms with Gasteiger partial charge in [-0.25, -0.2) is 13.2 Å². The van der Waals surface area contributed by atoms with Crippen molar-refractivity contribution in [2.45, 2.75) is 6.92 Å². The van der Waals surface area contributed by atoms with E-state index in [1.165, 1.54) is 24.5 Å². The van der Waals surface area contributed by atoms with Crippen LogP contribution < -0.4 is 5.32 Å². The second kappa shape index (κ2) is 7.53. The van der Waals surface area contributed by atoms with E-state index in [2.05, 4.69) is 10.3 Å². The number of nitrogens with one attached hydrogen (secondary N) is 1. The maximum atomic E-state index is 11.8. The Balaban J connectivity index is 2.66. The van der Waals surface area contributed by atoms with Crippen LogP contribution in [0.5, 0.6) is 0 Å². The molecule has 0 bridgehead atoms. The van der Waals surface area contributed by atoms with Gasteiger partial charge in [-0.3, -0.25) is 9.78 Å². The monoisotopic (exact) mass is 312 g/mol. The fourth-order valence-electron chi connectivity index (χ4n) is 1.41. The Hall–Kier alpha value is -2.22. The minimum Gasteiger partial charge on any atom is -0.478 e. The number of carboxylic acid groups (broad SMARTS) is 1. The lowest BCUT2D eigenvalue weighted by atomic mass is 10.2. The van der Waals surface area contributed by atoms with Crippen LogP contribution in [0.2, 0.25) is 0 Å². The topological polar surface area (TPSA) is 113 Å². The van der Waals surface area contributed by atoms with Crippen molar-refractivity contribution in [1.29, 1.82) is 0 Å². The van der Waals surface area contributed by atoms with Gasteiger partial charge in [0.15, 0.2) is 9.84 Å². The summed E-state index contributed by atoms with van der Waals surface area (Å²) in [6.45, 7) is 1.56. The van der Waals surface area contributed by atoms with E-state index >= 15 is 0 Å². The number of pyridine rings is 1. The minimum absolute atomic E-state index is 0.0181. The van der Waals surface area contributed by atoms with Gasteiger partial charge in [-0.1, -0.05) is 6.92 Å². The number of hydrogen-bond donors (Lipinski definition) is 2. The molecule has 0 atom stereocenters. The lowest BCUT2D eigenvalue weighted by Crippen LogP contribution is -2.29. The molecule has 1 aromatic heterocycles. The number of nitrogens with zero attached hydrogens (tertiary/aromatic N) is 1. The number of carbonyl (C=O) groups is 2.